The van der Waals surface area contributed by atoms with Crippen molar-refractivity contribution in [2.24, 2.45) is 0 Å². The van der Waals surface area contributed by atoms with Gasteiger partial charge in [-0.25, -0.2) is 18.6 Å². The van der Waals surface area contributed by atoms with Crippen LogP contribution in [0.3, 0.4) is 0 Å². The first kappa shape index (κ1) is 21.6. The number of fused-ring (bicyclic) bond motifs is 1. The van der Waals surface area contributed by atoms with Crippen LogP contribution in [0.4, 0.5) is 19.3 Å². The second-order valence-corrected chi connectivity index (χ2v) is 5.90. The van der Waals surface area contributed by atoms with Gasteiger partial charge in [0, 0.05) is 18.3 Å². The first-order valence-electron chi connectivity index (χ1n) is 8.44. The van der Waals surface area contributed by atoms with Gasteiger partial charge < -0.3 is 20.6 Å². The highest BCUT2D eigenvalue weighted by molar-refractivity contribution is 5.94. The summed E-state index contributed by atoms with van der Waals surface area (Å²) in [5.74, 6) is -2.54. The van der Waals surface area contributed by atoms with Crippen LogP contribution in [0.25, 0.3) is 0 Å². The number of carbonyl (C=O) groups excluding carboxylic acids is 2. The number of urea groups is 1. The number of benzene rings is 1. The summed E-state index contributed by atoms with van der Waals surface area (Å²) in [5.41, 5.74) is 1.34. The van der Waals surface area contributed by atoms with E-state index in [-0.39, 0.29) is 37.5 Å². The van der Waals surface area contributed by atoms with E-state index < -0.39 is 23.6 Å². The molecule has 2 aromatic rings. The Morgan fingerprint density at radius 1 is 1.41 bits per heavy atom. The molecule has 11 heteroatoms. The van der Waals surface area contributed by atoms with E-state index in [2.05, 4.69) is 20.6 Å². The fourth-order valence-corrected chi connectivity index (χ4v) is 2.39. The fraction of sp³-hybridized carbons (Fsp3) is 0.278. The minimum absolute atomic E-state index is 0.000409. The molecular weight excluding hydrogens is 386 g/mol. The Hall–Kier alpha value is -3.65. The van der Waals surface area contributed by atoms with Crippen LogP contribution in [-0.4, -0.2) is 51.6 Å². The molecule has 1 aliphatic heterocycles. The molecule has 0 spiro atoms. The molecule has 1 aliphatic rings. The Labute approximate surface area is 165 Å². The molecule has 0 aliphatic carbocycles. The van der Waals surface area contributed by atoms with Crippen molar-refractivity contribution in [1.82, 2.24) is 20.2 Å². The van der Waals surface area contributed by atoms with Gasteiger partial charge in [0.05, 0.1) is 30.7 Å². The molecule has 152 valence electrons. The summed E-state index contributed by atoms with van der Waals surface area (Å²) in [6.45, 7) is 1.14. The van der Waals surface area contributed by atoms with Crippen LogP contribution >= 0.6 is 0 Å². The van der Waals surface area contributed by atoms with Crippen molar-refractivity contribution >= 4 is 17.6 Å². The summed E-state index contributed by atoms with van der Waals surface area (Å²) in [5, 5.41) is 21.6. The molecule has 9 nitrogen and oxygen atoms in total. The number of hydrogen-bond donors (Lipinski definition) is 3. The largest absolute Gasteiger partial charge is 0.395 e. The number of aromatic nitrogens is 2. The average molecular weight is 404 g/mol. The number of hydrogen-bond acceptors (Lipinski definition) is 6. The number of aliphatic hydroxyl groups excluding tert-OH is 1. The number of halogens is 2. The van der Waals surface area contributed by atoms with E-state index >= 15 is 0 Å². The van der Waals surface area contributed by atoms with E-state index in [0.29, 0.717) is 5.69 Å². The number of aliphatic hydroxyl groups is 1. The number of nitrogens with zero attached hydrogens (tertiary/aromatic N) is 4. The first-order valence-corrected chi connectivity index (χ1v) is 8.44. The zero-order chi connectivity index (χ0) is 21.4. The maximum Gasteiger partial charge on any atom is 0.322 e. The van der Waals surface area contributed by atoms with E-state index in [1.807, 2.05) is 6.07 Å². The highest BCUT2D eigenvalue weighted by Crippen LogP contribution is 2.27. The van der Waals surface area contributed by atoms with Crippen molar-refractivity contribution in [3.8, 4) is 6.07 Å². The standard InChI is InChI=1S/C12H13F2N3O3.C6H5N3/c13-8-1-2-9-7(11(8)14)5-17(12(20)16-9)6-10(19)15-3-4-18;1-5-3-8-4-6(2-7)9-5/h1-2,18H,3-6H2,(H,15,19)(H,16,20);3-4H,1H3. The zero-order valence-corrected chi connectivity index (χ0v) is 15.4. The van der Waals surface area contributed by atoms with Gasteiger partial charge in [-0.15, -0.1) is 0 Å². The Morgan fingerprint density at radius 3 is 2.79 bits per heavy atom. The molecule has 0 unspecified atom stereocenters. The second-order valence-electron chi connectivity index (χ2n) is 5.90. The molecular formula is C18H18F2N6O3. The lowest BCUT2D eigenvalue weighted by molar-refractivity contribution is -0.121. The first-order chi connectivity index (χ1) is 13.8. The van der Waals surface area contributed by atoms with Gasteiger partial charge in [-0.2, -0.15) is 5.26 Å². The molecule has 2 heterocycles. The van der Waals surface area contributed by atoms with Crippen LogP contribution in [-0.2, 0) is 11.3 Å². The van der Waals surface area contributed by atoms with Crippen LogP contribution in [0.15, 0.2) is 24.5 Å². The third kappa shape index (κ3) is 5.91. The maximum atomic E-state index is 13.6. The molecule has 29 heavy (non-hydrogen) atoms. The van der Waals surface area contributed by atoms with Gasteiger partial charge in [0.2, 0.25) is 5.91 Å². The number of nitriles is 1. The van der Waals surface area contributed by atoms with Gasteiger partial charge in [-0.1, -0.05) is 0 Å². The third-order valence-electron chi connectivity index (χ3n) is 3.71. The van der Waals surface area contributed by atoms with Gasteiger partial charge >= 0.3 is 6.03 Å². The van der Waals surface area contributed by atoms with Gasteiger partial charge in [0.15, 0.2) is 17.3 Å². The van der Waals surface area contributed by atoms with Crippen molar-refractivity contribution in [3.05, 3.63) is 53.1 Å². The number of nitrogens with one attached hydrogen (secondary N) is 2. The van der Waals surface area contributed by atoms with Crippen LogP contribution in [0, 0.1) is 29.9 Å². The van der Waals surface area contributed by atoms with E-state index in [4.69, 9.17) is 10.4 Å². The minimum atomic E-state index is -1.04. The van der Waals surface area contributed by atoms with Crippen molar-refractivity contribution in [3.63, 3.8) is 0 Å². The fourth-order valence-electron chi connectivity index (χ4n) is 2.39. The van der Waals surface area contributed by atoms with E-state index in [1.165, 1.54) is 12.3 Å². The topological polar surface area (TPSA) is 131 Å². The molecule has 0 atom stereocenters. The zero-order valence-electron chi connectivity index (χ0n) is 15.4. The van der Waals surface area contributed by atoms with Crippen LogP contribution < -0.4 is 10.6 Å². The number of amides is 3. The van der Waals surface area contributed by atoms with Gasteiger partial charge in [-0.3, -0.25) is 9.78 Å². The summed E-state index contributed by atoms with van der Waals surface area (Å²) in [6, 6.07) is 3.53. The van der Waals surface area contributed by atoms with Crippen molar-refractivity contribution in [2.45, 2.75) is 13.5 Å². The van der Waals surface area contributed by atoms with E-state index in [0.717, 1.165) is 16.7 Å². The Kier molecular flexibility index (Phi) is 7.50. The molecule has 0 fully saturated rings. The van der Waals surface area contributed by atoms with Gasteiger partial charge in [-0.05, 0) is 19.1 Å². The average Bonchev–Trinajstić information content (AvgIpc) is 2.71. The predicted molar refractivity (Wildman–Crippen MR) is 97.4 cm³/mol. The summed E-state index contributed by atoms with van der Waals surface area (Å²) in [4.78, 5) is 31.9. The summed E-state index contributed by atoms with van der Waals surface area (Å²) in [6.07, 6.45) is 3.05. The quantitative estimate of drug-likeness (QED) is 0.699. The summed E-state index contributed by atoms with van der Waals surface area (Å²) < 4.78 is 26.8. The summed E-state index contributed by atoms with van der Waals surface area (Å²) >= 11 is 0. The SMILES string of the molecule is Cc1cncc(C#N)n1.O=C(CN1Cc2c(ccc(F)c2F)NC1=O)NCCO. The normalized spacial score (nSPS) is 12.1. The third-order valence-corrected chi connectivity index (χ3v) is 3.71. The molecule has 0 bridgehead atoms. The molecule has 0 saturated heterocycles. The van der Waals surface area contributed by atoms with Crippen LogP contribution in [0.1, 0.15) is 17.0 Å². The minimum Gasteiger partial charge on any atom is -0.395 e. The van der Waals surface area contributed by atoms with Gasteiger partial charge in [0.25, 0.3) is 0 Å². The molecule has 1 aromatic heterocycles. The Bertz CT molecular complexity index is 948. The lowest BCUT2D eigenvalue weighted by atomic mass is 10.1. The predicted octanol–water partition coefficient (Wildman–Crippen LogP) is 1.08. The lowest BCUT2D eigenvalue weighted by Gasteiger charge is -2.29. The molecule has 1 aromatic carbocycles. The number of aryl methyl sites for hydroxylation is 1. The summed E-state index contributed by atoms with van der Waals surface area (Å²) in [7, 11) is 0. The molecule has 3 amide bonds. The highest BCUT2D eigenvalue weighted by atomic mass is 19.2. The lowest BCUT2D eigenvalue weighted by Crippen LogP contribution is -2.45. The van der Waals surface area contributed by atoms with Crippen LogP contribution in [0.5, 0.6) is 0 Å². The second kappa shape index (κ2) is 10.0. The number of anilines is 1. The number of carbonyl (C=O) groups is 2. The smallest absolute Gasteiger partial charge is 0.322 e. The highest BCUT2D eigenvalue weighted by Gasteiger charge is 2.27. The number of rotatable bonds is 4. The van der Waals surface area contributed by atoms with Crippen LogP contribution in [0.2, 0.25) is 0 Å². The maximum absolute atomic E-state index is 13.6. The Morgan fingerprint density at radius 2 is 2.17 bits per heavy atom. The van der Waals surface area contributed by atoms with Crippen molar-refractivity contribution < 1.29 is 23.5 Å². The molecule has 0 radical (unpaired) electrons. The van der Waals surface area contributed by atoms with E-state index in [9.17, 15) is 18.4 Å². The van der Waals surface area contributed by atoms with Gasteiger partial charge in [0.1, 0.15) is 12.6 Å². The van der Waals surface area contributed by atoms with E-state index in [1.54, 1.807) is 13.1 Å². The van der Waals surface area contributed by atoms with Crippen molar-refractivity contribution in [2.75, 3.05) is 25.0 Å². The monoisotopic (exact) mass is 404 g/mol. The van der Waals surface area contributed by atoms with Crippen molar-refractivity contribution in [1.29, 1.82) is 5.26 Å². The molecule has 3 rings (SSSR count). The molecule has 3 N–H and O–H groups in total. The Balaban J connectivity index is 0.000000278. The molecule has 0 saturated carbocycles.